The summed E-state index contributed by atoms with van der Waals surface area (Å²) < 4.78 is 5.39. The third-order valence-corrected chi connectivity index (χ3v) is 3.60. The minimum Gasteiger partial charge on any atom is -0.378 e. The monoisotopic (exact) mass is 241 g/mol. The molecule has 1 unspecified atom stereocenters. The lowest BCUT2D eigenvalue weighted by Gasteiger charge is -2.23. The van der Waals surface area contributed by atoms with E-state index in [0.717, 1.165) is 45.0 Å². The van der Waals surface area contributed by atoms with Crippen LogP contribution in [0.15, 0.2) is 5.38 Å². The first-order valence-electron chi connectivity index (χ1n) is 5.77. The fourth-order valence-corrected chi connectivity index (χ4v) is 2.52. The van der Waals surface area contributed by atoms with Crippen molar-refractivity contribution in [2.75, 3.05) is 32.8 Å². The van der Waals surface area contributed by atoms with E-state index in [1.165, 1.54) is 5.01 Å². The van der Waals surface area contributed by atoms with Crippen molar-refractivity contribution < 1.29 is 4.74 Å². The van der Waals surface area contributed by atoms with Crippen LogP contribution < -0.4 is 10.6 Å². The van der Waals surface area contributed by atoms with E-state index in [2.05, 4.69) is 21.0 Å². The summed E-state index contributed by atoms with van der Waals surface area (Å²) in [5.74, 6) is 0. The van der Waals surface area contributed by atoms with Crippen LogP contribution in [0.4, 0.5) is 0 Å². The van der Waals surface area contributed by atoms with Gasteiger partial charge < -0.3 is 15.4 Å². The lowest BCUT2D eigenvalue weighted by atomic mass is 10.3. The molecule has 0 saturated carbocycles. The minimum atomic E-state index is 0.465. The smallest absolute Gasteiger partial charge is 0.0940 e. The van der Waals surface area contributed by atoms with Crippen LogP contribution in [0, 0.1) is 6.92 Å². The maximum absolute atomic E-state index is 5.39. The molecule has 2 rings (SSSR count). The van der Waals surface area contributed by atoms with Gasteiger partial charge in [0.1, 0.15) is 0 Å². The highest BCUT2D eigenvalue weighted by molar-refractivity contribution is 7.09. The Balaban J connectivity index is 1.57. The summed E-state index contributed by atoms with van der Waals surface area (Å²) in [6, 6.07) is 0.465. The predicted octanol–water partition coefficient (Wildman–Crippen LogP) is 0.572. The van der Waals surface area contributed by atoms with Gasteiger partial charge in [0.15, 0.2) is 0 Å². The summed E-state index contributed by atoms with van der Waals surface area (Å²) >= 11 is 1.74. The Hall–Kier alpha value is -0.490. The summed E-state index contributed by atoms with van der Waals surface area (Å²) in [6.07, 6.45) is 1.02. The Morgan fingerprint density at radius 3 is 3.31 bits per heavy atom. The van der Waals surface area contributed by atoms with Gasteiger partial charge in [0.25, 0.3) is 0 Å². The van der Waals surface area contributed by atoms with Gasteiger partial charge in [-0.2, -0.15) is 0 Å². The summed E-state index contributed by atoms with van der Waals surface area (Å²) in [4.78, 5) is 4.43. The molecule has 0 aromatic carbocycles. The molecule has 1 aromatic rings. The van der Waals surface area contributed by atoms with Crippen molar-refractivity contribution in [1.29, 1.82) is 0 Å². The van der Waals surface area contributed by atoms with Crippen LogP contribution in [0.1, 0.15) is 10.7 Å². The number of aromatic nitrogens is 1. The summed E-state index contributed by atoms with van der Waals surface area (Å²) in [6.45, 7) is 6.64. The molecule has 1 aliphatic heterocycles. The normalized spacial score (nSPS) is 21.2. The van der Waals surface area contributed by atoms with Crippen molar-refractivity contribution in [3.05, 3.63) is 16.1 Å². The van der Waals surface area contributed by atoms with E-state index >= 15 is 0 Å². The minimum absolute atomic E-state index is 0.465. The van der Waals surface area contributed by atoms with Gasteiger partial charge in [-0.3, -0.25) is 0 Å². The van der Waals surface area contributed by atoms with Gasteiger partial charge >= 0.3 is 0 Å². The molecule has 0 aliphatic carbocycles. The lowest BCUT2D eigenvalue weighted by molar-refractivity contribution is 0.0768. The van der Waals surface area contributed by atoms with Gasteiger partial charge in [0.05, 0.1) is 18.2 Å². The standard InChI is InChI=1S/C11H19N3OS/c1-9-8-16-11(14-9)2-3-12-6-10-7-15-5-4-13-10/h8,10,12-13H,2-7H2,1H3. The number of nitrogens with zero attached hydrogens (tertiary/aromatic N) is 1. The highest BCUT2D eigenvalue weighted by Crippen LogP contribution is 2.08. The summed E-state index contributed by atoms with van der Waals surface area (Å²) in [5.41, 5.74) is 1.13. The largest absolute Gasteiger partial charge is 0.378 e. The lowest BCUT2D eigenvalue weighted by Crippen LogP contribution is -2.47. The zero-order valence-corrected chi connectivity index (χ0v) is 10.5. The van der Waals surface area contributed by atoms with Crippen LogP contribution in [0.25, 0.3) is 0 Å². The van der Waals surface area contributed by atoms with Crippen molar-refractivity contribution in [2.45, 2.75) is 19.4 Å². The van der Waals surface area contributed by atoms with E-state index in [1.54, 1.807) is 11.3 Å². The fraction of sp³-hybridized carbons (Fsp3) is 0.727. The van der Waals surface area contributed by atoms with Crippen molar-refractivity contribution in [1.82, 2.24) is 15.6 Å². The van der Waals surface area contributed by atoms with E-state index in [4.69, 9.17) is 4.74 Å². The molecule has 0 bridgehead atoms. The number of nitrogens with one attached hydrogen (secondary N) is 2. The summed E-state index contributed by atoms with van der Waals surface area (Å²) in [5, 5.41) is 10.2. The second-order valence-corrected chi connectivity index (χ2v) is 5.01. The highest BCUT2D eigenvalue weighted by Gasteiger charge is 2.11. The predicted molar refractivity (Wildman–Crippen MR) is 66.0 cm³/mol. The van der Waals surface area contributed by atoms with Gasteiger partial charge in [-0.05, 0) is 6.92 Å². The van der Waals surface area contributed by atoms with Crippen molar-refractivity contribution >= 4 is 11.3 Å². The number of aryl methyl sites for hydroxylation is 1. The number of rotatable bonds is 5. The van der Waals surface area contributed by atoms with Gasteiger partial charge in [-0.15, -0.1) is 11.3 Å². The molecular formula is C11H19N3OS. The first-order chi connectivity index (χ1) is 7.84. The molecule has 1 aromatic heterocycles. The molecule has 0 spiro atoms. The summed E-state index contributed by atoms with van der Waals surface area (Å²) in [7, 11) is 0. The molecule has 0 radical (unpaired) electrons. The van der Waals surface area contributed by atoms with Crippen LogP contribution in [-0.4, -0.2) is 43.9 Å². The molecule has 90 valence electrons. The second kappa shape index (κ2) is 6.30. The molecule has 1 fully saturated rings. The molecule has 1 atom stereocenters. The Kier molecular flexibility index (Phi) is 4.71. The first kappa shape index (κ1) is 12.0. The Bertz CT molecular complexity index is 310. The molecule has 2 heterocycles. The van der Waals surface area contributed by atoms with Crippen molar-refractivity contribution in [3.8, 4) is 0 Å². The van der Waals surface area contributed by atoms with Gasteiger partial charge in [-0.25, -0.2) is 4.98 Å². The second-order valence-electron chi connectivity index (χ2n) is 4.06. The molecule has 4 nitrogen and oxygen atoms in total. The first-order valence-corrected chi connectivity index (χ1v) is 6.65. The molecule has 1 aliphatic rings. The van der Waals surface area contributed by atoms with E-state index in [-0.39, 0.29) is 0 Å². The molecule has 5 heteroatoms. The Morgan fingerprint density at radius 2 is 2.62 bits per heavy atom. The van der Waals surface area contributed by atoms with Crippen molar-refractivity contribution in [2.24, 2.45) is 0 Å². The molecule has 2 N–H and O–H groups in total. The van der Waals surface area contributed by atoms with Crippen LogP contribution in [0.5, 0.6) is 0 Å². The van der Waals surface area contributed by atoms with Crippen LogP contribution >= 0.6 is 11.3 Å². The average Bonchev–Trinajstić information content (AvgIpc) is 2.72. The molecule has 1 saturated heterocycles. The quantitative estimate of drug-likeness (QED) is 0.740. The number of hydrogen-bond donors (Lipinski definition) is 2. The third-order valence-electron chi connectivity index (χ3n) is 2.57. The zero-order valence-electron chi connectivity index (χ0n) is 9.66. The van der Waals surface area contributed by atoms with Crippen LogP contribution in [0.3, 0.4) is 0 Å². The Morgan fingerprint density at radius 1 is 1.69 bits per heavy atom. The van der Waals surface area contributed by atoms with E-state index < -0.39 is 0 Å². The van der Waals surface area contributed by atoms with Gasteiger partial charge in [-0.1, -0.05) is 0 Å². The maximum atomic E-state index is 5.39. The third kappa shape index (κ3) is 3.83. The van der Waals surface area contributed by atoms with E-state index in [1.807, 2.05) is 6.92 Å². The van der Waals surface area contributed by atoms with Crippen LogP contribution in [-0.2, 0) is 11.2 Å². The zero-order chi connectivity index (χ0) is 11.2. The van der Waals surface area contributed by atoms with Gasteiger partial charge in [0, 0.05) is 43.2 Å². The Labute approximate surface area is 100 Å². The number of hydrogen-bond acceptors (Lipinski definition) is 5. The fourth-order valence-electron chi connectivity index (χ4n) is 1.74. The van der Waals surface area contributed by atoms with E-state index in [9.17, 15) is 0 Å². The topological polar surface area (TPSA) is 46.2 Å². The molecule has 16 heavy (non-hydrogen) atoms. The van der Waals surface area contributed by atoms with Crippen molar-refractivity contribution in [3.63, 3.8) is 0 Å². The maximum Gasteiger partial charge on any atom is 0.0940 e. The number of ether oxygens (including phenoxy) is 1. The molecule has 0 amide bonds. The molecular weight excluding hydrogens is 222 g/mol. The van der Waals surface area contributed by atoms with E-state index in [0.29, 0.717) is 6.04 Å². The number of morpholine rings is 1. The highest BCUT2D eigenvalue weighted by atomic mass is 32.1. The SMILES string of the molecule is Cc1csc(CCNCC2COCCN2)n1. The number of thiazole rings is 1. The van der Waals surface area contributed by atoms with Crippen LogP contribution in [0.2, 0.25) is 0 Å². The van der Waals surface area contributed by atoms with Gasteiger partial charge in [0.2, 0.25) is 0 Å². The average molecular weight is 241 g/mol.